The van der Waals surface area contributed by atoms with Gasteiger partial charge in [0.1, 0.15) is 12.3 Å². The van der Waals surface area contributed by atoms with Gasteiger partial charge in [0.25, 0.3) is 5.56 Å². The zero-order chi connectivity index (χ0) is 20.6. The fourth-order valence-electron chi connectivity index (χ4n) is 2.45. The number of rotatable bonds is 8. The summed E-state index contributed by atoms with van der Waals surface area (Å²) in [6.45, 7) is 6.51. The predicted octanol–water partition coefficient (Wildman–Crippen LogP) is 3.21. The SMILES string of the molecule is CCOc1cc(/C=N/Nc2nnc(C)c(=O)[nH]2)ccc1OCc1ccc(C)cc1. The number of aryl methyl sites for hydroxylation is 2. The summed E-state index contributed by atoms with van der Waals surface area (Å²) < 4.78 is 11.6. The minimum atomic E-state index is -0.314. The Kier molecular flexibility index (Phi) is 6.57. The Balaban J connectivity index is 1.68. The molecule has 150 valence electrons. The molecule has 0 unspecified atom stereocenters. The maximum Gasteiger partial charge on any atom is 0.274 e. The van der Waals surface area contributed by atoms with Crippen LogP contribution in [0.15, 0.2) is 52.4 Å². The molecule has 0 atom stereocenters. The Morgan fingerprint density at radius 1 is 1.07 bits per heavy atom. The van der Waals surface area contributed by atoms with Crippen LogP contribution in [-0.4, -0.2) is 28.0 Å². The van der Waals surface area contributed by atoms with Crippen molar-refractivity contribution in [1.82, 2.24) is 15.2 Å². The van der Waals surface area contributed by atoms with Crippen LogP contribution in [0.3, 0.4) is 0 Å². The van der Waals surface area contributed by atoms with Crippen LogP contribution < -0.4 is 20.5 Å². The van der Waals surface area contributed by atoms with Gasteiger partial charge < -0.3 is 9.47 Å². The molecule has 1 aromatic heterocycles. The van der Waals surface area contributed by atoms with E-state index in [1.165, 1.54) is 5.56 Å². The molecule has 0 fully saturated rings. The number of aromatic amines is 1. The van der Waals surface area contributed by atoms with Gasteiger partial charge in [0.15, 0.2) is 11.5 Å². The van der Waals surface area contributed by atoms with Crippen LogP contribution in [0.4, 0.5) is 5.95 Å². The Morgan fingerprint density at radius 3 is 2.59 bits per heavy atom. The Bertz CT molecular complexity index is 1040. The van der Waals surface area contributed by atoms with Crippen molar-refractivity contribution in [2.45, 2.75) is 27.4 Å². The van der Waals surface area contributed by atoms with Crippen molar-refractivity contribution in [3.63, 3.8) is 0 Å². The van der Waals surface area contributed by atoms with Crippen molar-refractivity contribution in [2.75, 3.05) is 12.0 Å². The van der Waals surface area contributed by atoms with Gasteiger partial charge in [-0.2, -0.15) is 5.10 Å². The van der Waals surface area contributed by atoms with Crippen LogP contribution in [0.1, 0.15) is 29.3 Å². The molecule has 0 saturated heterocycles. The second-order valence-electron chi connectivity index (χ2n) is 6.37. The van der Waals surface area contributed by atoms with Crippen LogP contribution in [-0.2, 0) is 6.61 Å². The molecule has 0 bridgehead atoms. The van der Waals surface area contributed by atoms with Gasteiger partial charge in [-0.3, -0.25) is 9.78 Å². The number of hydrogen-bond donors (Lipinski definition) is 2. The summed E-state index contributed by atoms with van der Waals surface area (Å²) in [4.78, 5) is 14.1. The summed E-state index contributed by atoms with van der Waals surface area (Å²) in [6, 6.07) is 13.7. The highest BCUT2D eigenvalue weighted by atomic mass is 16.5. The number of ether oxygens (including phenoxy) is 2. The molecule has 8 nitrogen and oxygen atoms in total. The van der Waals surface area contributed by atoms with E-state index in [1.54, 1.807) is 13.1 Å². The van der Waals surface area contributed by atoms with Crippen LogP contribution in [0.2, 0.25) is 0 Å². The molecule has 3 aromatic rings. The van der Waals surface area contributed by atoms with Crippen LogP contribution >= 0.6 is 0 Å². The molecule has 0 saturated carbocycles. The summed E-state index contributed by atoms with van der Waals surface area (Å²) in [5, 5.41) is 11.6. The van der Waals surface area contributed by atoms with Crippen molar-refractivity contribution in [1.29, 1.82) is 0 Å². The van der Waals surface area contributed by atoms with E-state index >= 15 is 0 Å². The number of H-pyrrole nitrogens is 1. The highest BCUT2D eigenvalue weighted by Crippen LogP contribution is 2.29. The molecule has 0 aliphatic carbocycles. The first kappa shape index (κ1) is 20.1. The molecule has 0 aliphatic rings. The van der Waals surface area contributed by atoms with Crippen molar-refractivity contribution >= 4 is 12.2 Å². The second kappa shape index (κ2) is 9.50. The lowest BCUT2D eigenvalue weighted by Gasteiger charge is -2.12. The van der Waals surface area contributed by atoms with Gasteiger partial charge >= 0.3 is 0 Å². The Morgan fingerprint density at radius 2 is 1.86 bits per heavy atom. The topological polar surface area (TPSA) is 101 Å². The highest BCUT2D eigenvalue weighted by molar-refractivity contribution is 5.81. The molecule has 3 rings (SSSR count). The largest absolute Gasteiger partial charge is 0.490 e. The minimum Gasteiger partial charge on any atom is -0.490 e. The second-order valence-corrected chi connectivity index (χ2v) is 6.37. The first-order valence-electron chi connectivity index (χ1n) is 9.23. The number of hydrazone groups is 1. The highest BCUT2D eigenvalue weighted by Gasteiger charge is 2.07. The Labute approximate surface area is 168 Å². The van der Waals surface area contributed by atoms with Crippen molar-refractivity contribution in [2.24, 2.45) is 5.10 Å². The van der Waals surface area contributed by atoms with E-state index in [2.05, 4.69) is 44.8 Å². The zero-order valence-electron chi connectivity index (χ0n) is 16.6. The fourth-order valence-corrected chi connectivity index (χ4v) is 2.45. The smallest absolute Gasteiger partial charge is 0.274 e. The minimum absolute atomic E-state index is 0.167. The lowest BCUT2D eigenvalue weighted by molar-refractivity contribution is 0.269. The maximum atomic E-state index is 11.5. The van der Waals surface area contributed by atoms with E-state index < -0.39 is 0 Å². The van der Waals surface area contributed by atoms with E-state index in [9.17, 15) is 4.79 Å². The van der Waals surface area contributed by atoms with Gasteiger partial charge in [-0.05, 0) is 50.1 Å². The molecular formula is C21H23N5O3. The van der Waals surface area contributed by atoms with Gasteiger partial charge in [-0.15, -0.1) is 10.2 Å². The van der Waals surface area contributed by atoms with Gasteiger partial charge in [0.2, 0.25) is 5.95 Å². The monoisotopic (exact) mass is 393 g/mol. The average Bonchev–Trinajstić information content (AvgIpc) is 2.71. The number of nitrogens with zero attached hydrogens (tertiary/aromatic N) is 3. The van der Waals surface area contributed by atoms with Gasteiger partial charge in [0.05, 0.1) is 12.8 Å². The van der Waals surface area contributed by atoms with Crippen LogP contribution in [0.5, 0.6) is 11.5 Å². The summed E-state index contributed by atoms with van der Waals surface area (Å²) in [6.07, 6.45) is 1.59. The van der Waals surface area contributed by atoms with Gasteiger partial charge in [-0.1, -0.05) is 29.8 Å². The summed E-state index contributed by atoms with van der Waals surface area (Å²) in [5.74, 6) is 1.46. The van der Waals surface area contributed by atoms with Crippen LogP contribution in [0, 0.1) is 13.8 Å². The molecule has 2 N–H and O–H groups in total. The normalized spacial score (nSPS) is 10.9. The van der Waals surface area contributed by atoms with Crippen molar-refractivity contribution in [3.8, 4) is 11.5 Å². The number of hydrogen-bond acceptors (Lipinski definition) is 7. The third-order valence-corrected chi connectivity index (χ3v) is 4.03. The maximum absolute atomic E-state index is 11.5. The molecule has 0 amide bonds. The average molecular weight is 393 g/mol. The van der Waals surface area contributed by atoms with E-state index in [4.69, 9.17) is 9.47 Å². The Hall–Kier alpha value is -3.68. The summed E-state index contributed by atoms with van der Waals surface area (Å²) in [7, 11) is 0. The number of aromatic nitrogens is 3. The lowest BCUT2D eigenvalue weighted by atomic mass is 10.2. The van der Waals surface area contributed by atoms with E-state index in [1.807, 2.05) is 37.3 Å². The third-order valence-electron chi connectivity index (χ3n) is 4.03. The predicted molar refractivity (Wildman–Crippen MR) is 112 cm³/mol. The quantitative estimate of drug-likeness (QED) is 0.450. The first-order valence-corrected chi connectivity index (χ1v) is 9.23. The molecule has 0 aliphatic heterocycles. The van der Waals surface area contributed by atoms with Gasteiger partial charge in [0, 0.05) is 0 Å². The van der Waals surface area contributed by atoms with E-state index in [-0.39, 0.29) is 11.5 Å². The number of anilines is 1. The summed E-state index contributed by atoms with van der Waals surface area (Å²) in [5.41, 5.74) is 5.72. The standard InChI is InChI=1S/C21H23N5O3/c1-4-28-19-11-17(12-22-25-21-23-20(27)15(3)24-26-21)9-10-18(19)29-13-16-7-5-14(2)6-8-16/h5-12H,4,13H2,1-3H3,(H2,23,25,26,27)/b22-12+. The molecule has 0 radical (unpaired) electrons. The lowest BCUT2D eigenvalue weighted by Crippen LogP contribution is -2.15. The zero-order valence-corrected chi connectivity index (χ0v) is 16.6. The van der Waals surface area contributed by atoms with Crippen molar-refractivity contribution < 1.29 is 9.47 Å². The van der Waals surface area contributed by atoms with Gasteiger partial charge in [-0.25, -0.2) is 5.43 Å². The molecular weight excluding hydrogens is 370 g/mol. The molecule has 1 heterocycles. The van der Waals surface area contributed by atoms with E-state index in [0.717, 1.165) is 11.1 Å². The molecule has 29 heavy (non-hydrogen) atoms. The third kappa shape index (κ3) is 5.65. The first-order chi connectivity index (χ1) is 14.0. The van der Waals surface area contributed by atoms with E-state index in [0.29, 0.717) is 30.4 Å². The molecule has 8 heteroatoms. The summed E-state index contributed by atoms with van der Waals surface area (Å²) >= 11 is 0. The van der Waals surface area contributed by atoms with Crippen LogP contribution in [0.25, 0.3) is 0 Å². The number of benzene rings is 2. The van der Waals surface area contributed by atoms with Crippen molar-refractivity contribution in [3.05, 3.63) is 75.2 Å². The fraction of sp³-hybridized carbons (Fsp3) is 0.238. The molecule has 2 aromatic carbocycles. The number of nitrogens with one attached hydrogen (secondary N) is 2. The molecule has 0 spiro atoms.